The Balaban J connectivity index is 1.90. The van der Waals surface area contributed by atoms with Crippen LogP contribution in [0.5, 0.6) is 0 Å². The van der Waals surface area contributed by atoms with Crippen molar-refractivity contribution in [3.05, 3.63) is 48.0 Å². The third-order valence-electron chi connectivity index (χ3n) is 3.38. The van der Waals surface area contributed by atoms with E-state index in [1.807, 2.05) is 38.4 Å². The fraction of sp³-hybridized carbons (Fsp3) is 0.267. The number of aryl methyl sites for hydroxylation is 2. The van der Waals surface area contributed by atoms with Gasteiger partial charge in [0.25, 0.3) is 0 Å². The van der Waals surface area contributed by atoms with Crippen molar-refractivity contribution in [3.8, 4) is 0 Å². The molecule has 1 atom stereocenters. The molecule has 0 saturated carbocycles. The van der Waals surface area contributed by atoms with Gasteiger partial charge in [-0.25, -0.2) is 4.98 Å². The number of pyridine rings is 2. The van der Waals surface area contributed by atoms with Crippen molar-refractivity contribution in [1.29, 1.82) is 0 Å². The predicted molar refractivity (Wildman–Crippen MR) is 79.5 cm³/mol. The summed E-state index contributed by atoms with van der Waals surface area (Å²) in [4.78, 5) is 8.83. The molecule has 0 spiro atoms. The number of nitrogens with zero attached hydrogens (tertiary/aromatic N) is 4. The third kappa shape index (κ3) is 2.22. The monoisotopic (exact) mass is 267 g/mol. The average Bonchev–Trinajstić information content (AvgIpc) is 2.75. The molecule has 0 aromatic carbocycles. The number of fused-ring (bicyclic) bond motifs is 1. The second kappa shape index (κ2) is 4.92. The Morgan fingerprint density at radius 3 is 2.85 bits per heavy atom. The Hall–Kier alpha value is -2.43. The SMILES string of the molecule is Cc1nn(C)c2ncc(N[C@H](C)c3ccccn3)cc12. The van der Waals surface area contributed by atoms with Crippen LogP contribution in [0, 0.1) is 6.92 Å². The Morgan fingerprint density at radius 2 is 2.10 bits per heavy atom. The molecule has 0 aliphatic heterocycles. The van der Waals surface area contributed by atoms with E-state index in [1.54, 1.807) is 10.9 Å². The highest BCUT2D eigenvalue weighted by Gasteiger charge is 2.10. The summed E-state index contributed by atoms with van der Waals surface area (Å²) in [6.45, 7) is 4.08. The Labute approximate surface area is 117 Å². The lowest BCUT2D eigenvalue weighted by atomic mass is 10.2. The Bertz CT molecular complexity index is 733. The molecule has 5 nitrogen and oxygen atoms in total. The van der Waals surface area contributed by atoms with Gasteiger partial charge in [-0.3, -0.25) is 9.67 Å². The van der Waals surface area contributed by atoms with Crippen LogP contribution in [0.2, 0.25) is 0 Å². The Morgan fingerprint density at radius 1 is 1.25 bits per heavy atom. The molecule has 0 aliphatic rings. The van der Waals surface area contributed by atoms with Crippen molar-refractivity contribution in [3.63, 3.8) is 0 Å². The molecule has 102 valence electrons. The molecular formula is C15H17N5. The quantitative estimate of drug-likeness (QED) is 0.792. The van der Waals surface area contributed by atoms with Gasteiger partial charge in [-0.1, -0.05) is 6.07 Å². The zero-order valence-electron chi connectivity index (χ0n) is 11.8. The maximum absolute atomic E-state index is 4.47. The summed E-state index contributed by atoms with van der Waals surface area (Å²) in [5.74, 6) is 0. The molecule has 0 saturated heterocycles. The van der Waals surface area contributed by atoms with Crippen LogP contribution >= 0.6 is 0 Å². The standard InChI is InChI=1S/C15H17N5/c1-10-13-8-12(9-17-15(13)20(3)19-10)18-11(2)14-6-4-5-7-16-14/h4-9,11,18H,1-3H3/t11-/m1/s1. The van der Waals surface area contributed by atoms with Crippen LogP contribution in [-0.2, 0) is 7.05 Å². The predicted octanol–water partition coefficient (Wildman–Crippen LogP) is 2.84. The van der Waals surface area contributed by atoms with E-state index in [-0.39, 0.29) is 6.04 Å². The lowest BCUT2D eigenvalue weighted by Crippen LogP contribution is -2.08. The van der Waals surface area contributed by atoms with Crippen LogP contribution in [0.1, 0.15) is 24.4 Å². The topological polar surface area (TPSA) is 55.6 Å². The second-order valence-corrected chi connectivity index (χ2v) is 4.92. The lowest BCUT2D eigenvalue weighted by Gasteiger charge is -2.14. The van der Waals surface area contributed by atoms with Crippen molar-refractivity contribution >= 4 is 16.7 Å². The summed E-state index contributed by atoms with van der Waals surface area (Å²) in [6.07, 6.45) is 3.64. The largest absolute Gasteiger partial charge is 0.376 e. The Kier molecular flexibility index (Phi) is 3.10. The minimum absolute atomic E-state index is 0.132. The van der Waals surface area contributed by atoms with Gasteiger partial charge in [0, 0.05) is 18.6 Å². The van der Waals surface area contributed by atoms with Crippen molar-refractivity contribution in [2.75, 3.05) is 5.32 Å². The molecule has 5 heteroatoms. The maximum Gasteiger partial charge on any atom is 0.157 e. The highest BCUT2D eigenvalue weighted by Crippen LogP contribution is 2.22. The number of anilines is 1. The minimum Gasteiger partial charge on any atom is -0.376 e. The van der Waals surface area contributed by atoms with Crippen LogP contribution in [0.25, 0.3) is 11.0 Å². The number of hydrogen-bond acceptors (Lipinski definition) is 4. The van der Waals surface area contributed by atoms with Gasteiger partial charge in [0.05, 0.1) is 29.3 Å². The van der Waals surface area contributed by atoms with Crippen molar-refractivity contribution in [2.45, 2.75) is 19.9 Å². The molecule has 3 aromatic rings. The molecule has 20 heavy (non-hydrogen) atoms. The van der Waals surface area contributed by atoms with E-state index in [4.69, 9.17) is 0 Å². The van der Waals surface area contributed by atoms with Gasteiger partial charge in [-0.15, -0.1) is 0 Å². The van der Waals surface area contributed by atoms with E-state index in [0.29, 0.717) is 0 Å². The number of nitrogens with one attached hydrogen (secondary N) is 1. The molecule has 1 N–H and O–H groups in total. The molecule has 0 fully saturated rings. The zero-order chi connectivity index (χ0) is 14.1. The van der Waals surface area contributed by atoms with Crippen molar-refractivity contribution in [2.24, 2.45) is 7.05 Å². The summed E-state index contributed by atoms with van der Waals surface area (Å²) in [7, 11) is 1.91. The first-order chi connectivity index (χ1) is 9.65. The molecule has 3 heterocycles. The molecule has 0 aliphatic carbocycles. The fourth-order valence-corrected chi connectivity index (χ4v) is 2.34. The minimum atomic E-state index is 0.132. The fourth-order valence-electron chi connectivity index (χ4n) is 2.34. The first-order valence-corrected chi connectivity index (χ1v) is 6.62. The number of rotatable bonds is 3. The van der Waals surface area contributed by atoms with E-state index in [9.17, 15) is 0 Å². The van der Waals surface area contributed by atoms with Crippen LogP contribution < -0.4 is 5.32 Å². The van der Waals surface area contributed by atoms with Gasteiger partial charge >= 0.3 is 0 Å². The normalized spacial score (nSPS) is 12.6. The van der Waals surface area contributed by atoms with Gasteiger partial charge < -0.3 is 5.32 Å². The van der Waals surface area contributed by atoms with E-state index in [0.717, 1.165) is 28.1 Å². The molecule has 0 unspecified atom stereocenters. The lowest BCUT2D eigenvalue weighted by molar-refractivity contribution is 0.773. The summed E-state index contributed by atoms with van der Waals surface area (Å²) in [5, 5.41) is 8.88. The van der Waals surface area contributed by atoms with Crippen LogP contribution in [0.15, 0.2) is 36.7 Å². The molecule has 0 bridgehead atoms. The molecule has 3 aromatic heterocycles. The van der Waals surface area contributed by atoms with Gasteiger partial charge in [-0.05, 0) is 32.0 Å². The average molecular weight is 267 g/mol. The van der Waals surface area contributed by atoms with Gasteiger partial charge in [0.2, 0.25) is 0 Å². The van der Waals surface area contributed by atoms with Crippen molar-refractivity contribution < 1.29 is 0 Å². The highest BCUT2D eigenvalue weighted by molar-refractivity contribution is 5.81. The zero-order valence-corrected chi connectivity index (χ0v) is 11.8. The molecular weight excluding hydrogens is 250 g/mol. The van der Waals surface area contributed by atoms with E-state index < -0.39 is 0 Å². The van der Waals surface area contributed by atoms with Crippen LogP contribution in [-0.4, -0.2) is 19.7 Å². The van der Waals surface area contributed by atoms with Crippen LogP contribution in [0.4, 0.5) is 5.69 Å². The van der Waals surface area contributed by atoms with Gasteiger partial charge in [0.15, 0.2) is 5.65 Å². The number of hydrogen-bond donors (Lipinski definition) is 1. The third-order valence-corrected chi connectivity index (χ3v) is 3.38. The van der Waals surface area contributed by atoms with E-state index >= 15 is 0 Å². The molecule has 3 rings (SSSR count). The number of aromatic nitrogens is 4. The molecule has 0 amide bonds. The first kappa shape index (κ1) is 12.6. The summed E-state index contributed by atoms with van der Waals surface area (Å²) in [5.41, 5.74) is 3.88. The summed E-state index contributed by atoms with van der Waals surface area (Å²) in [6, 6.07) is 8.14. The second-order valence-electron chi connectivity index (χ2n) is 4.92. The van der Waals surface area contributed by atoms with Crippen LogP contribution in [0.3, 0.4) is 0 Å². The van der Waals surface area contributed by atoms with E-state index in [1.165, 1.54) is 0 Å². The molecule has 0 radical (unpaired) electrons. The summed E-state index contributed by atoms with van der Waals surface area (Å²) >= 11 is 0. The van der Waals surface area contributed by atoms with Crippen molar-refractivity contribution in [1.82, 2.24) is 19.7 Å². The van der Waals surface area contributed by atoms with Gasteiger partial charge in [-0.2, -0.15) is 5.10 Å². The first-order valence-electron chi connectivity index (χ1n) is 6.62. The summed E-state index contributed by atoms with van der Waals surface area (Å²) < 4.78 is 1.80. The highest BCUT2D eigenvalue weighted by atomic mass is 15.3. The maximum atomic E-state index is 4.47. The van der Waals surface area contributed by atoms with Gasteiger partial charge in [0.1, 0.15) is 0 Å². The smallest absolute Gasteiger partial charge is 0.157 e. The van der Waals surface area contributed by atoms with E-state index in [2.05, 4.69) is 33.4 Å².